The number of carbonyl (C=O) groups excluding carboxylic acids is 1. The van der Waals surface area contributed by atoms with Gasteiger partial charge in [-0.15, -0.1) is 0 Å². The van der Waals surface area contributed by atoms with Gasteiger partial charge in [0.05, 0.1) is 25.0 Å². The Kier molecular flexibility index (Phi) is 4.49. The summed E-state index contributed by atoms with van der Waals surface area (Å²) >= 11 is 0. The molecule has 2 saturated heterocycles. The van der Waals surface area contributed by atoms with Crippen molar-refractivity contribution in [3.8, 4) is 0 Å². The Bertz CT molecular complexity index is 528. The predicted molar refractivity (Wildman–Crippen MR) is 82.8 cm³/mol. The third-order valence-corrected chi connectivity index (χ3v) is 6.66. The van der Waals surface area contributed by atoms with Gasteiger partial charge in [-0.2, -0.15) is 4.31 Å². The molecule has 3 aliphatic rings. The van der Waals surface area contributed by atoms with Gasteiger partial charge in [0, 0.05) is 25.6 Å². The molecule has 7 heteroatoms. The molecular weight excluding hydrogens is 304 g/mol. The fraction of sp³-hybridized carbons (Fsp3) is 0.933. The Balaban J connectivity index is 1.67. The molecule has 3 fully saturated rings. The second-order valence-corrected chi connectivity index (χ2v) is 8.99. The molecule has 0 aromatic carbocycles. The number of rotatable bonds is 2. The van der Waals surface area contributed by atoms with Crippen LogP contribution in [0.4, 0.5) is 0 Å². The molecule has 1 saturated carbocycles. The SMILES string of the molecule is CC1CCC(C(=O)N2C[C@@H]3OCCN(S(C)(=O)=O)[C@@H]3C2)CC1. The fourth-order valence-corrected chi connectivity index (χ4v) is 5.11. The molecule has 126 valence electrons. The second kappa shape index (κ2) is 6.09. The number of carbonyl (C=O) groups is 1. The smallest absolute Gasteiger partial charge is 0.225 e. The zero-order valence-electron chi connectivity index (χ0n) is 13.4. The molecular formula is C15H26N2O4S. The topological polar surface area (TPSA) is 66.9 Å². The summed E-state index contributed by atoms with van der Waals surface area (Å²) < 4.78 is 31.0. The van der Waals surface area contributed by atoms with Crippen molar-refractivity contribution in [2.24, 2.45) is 11.8 Å². The first-order valence-corrected chi connectivity index (χ1v) is 10.1. The Labute approximate surface area is 132 Å². The lowest BCUT2D eigenvalue weighted by atomic mass is 9.82. The summed E-state index contributed by atoms with van der Waals surface area (Å²) in [5, 5.41) is 0. The van der Waals surface area contributed by atoms with Gasteiger partial charge >= 0.3 is 0 Å². The number of ether oxygens (including phenoxy) is 1. The zero-order valence-corrected chi connectivity index (χ0v) is 14.2. The summed E-state index contributed by atoms with van der Waals surface area (Å²) in [6, 6.07) is -0.213. The van der Waals surface area contributed by atoms with Crippen LogP contribution in [-0.2, 0) is 19.6 Å². The van der Waals surface area contributed by atoms with E-state index >= 15 is 0 Å². The van der Waals surface area contributed by atoms with Crippen LogP contribution in [0.25, 0.3) is 0 Å². The highest BCUT2D eigenvalue weighted by Crippen LogP contribution is 2.32. The molecule has 6 nitrogen and oxygen atoms in total. The molecule has 0 unspecified atom stereocenters. The summed E-state index contributed by atoms with van der Waals surface area (Å²) in [4.78, 5) is 14.5. The molecule has 0 bridgehead atoms. The summed E-state index contributed by atoms with van der Waals surface area (Å²) in [5.41, 5.74) is 0. The average molecular weight is 330 g/mol. The first kappa shape index (κ1) is 16.2. The van der Waals surface area contributed by atoms with Crippen LogP contribution in [-0.4, -0.2) is 68.2 Å². The molecule has 0 spiro atoms. The number of hydrogen-bond acceptors (Lipinski definition) is 4. The summed E-state index contributed by atoms with van der Waals surface area (Å²) in [6.45, 7) is 4.05. The van der Waals surface area contributed by atoms with E-state index in [1.165, 1.54) is 10.6 Å². The highest BCUT2D eigenvalue weighted by Gasteiger charge is 2.45. The van der Waals surface area contributed by atoms with E-state index in [0.29, 0.717) is 32.2 Å². The molecule has 0 aromatic rings. The molecule has 1 aliphatic carbocycles. The van der Waals surface area contributed by atoms with Crippen molar-refractivity contribution < 1.29 is 17.9 Å². The molecule has 22 heavy (non-hydrogen) atoms. The Morgan fingerprint density at radius 2 is 1.82 bits per heavy atom. The lowest BCUT2D eigenvalue weighted by molar-refractivity contribution is -0.136. The van der Waals surface area contributed by atoms with Gasteiger partial charge in [-0.05, 0) is 31.6 Å². The largest absolute Gasteiger partial charge is 0.373 e. The summed E-state index contributed by atoms with van der Waals surface area (Å²) in [6.07, 6.45) is 5.22. The monoisotopic (exact) mass is 330 g/mol. The number of sulfonamides is 1. The first-order valence-electron chi connectivity index (χ1n) is 8.23. The summed E-state index contributed by atoms with van der Waals surface area (Å²) in [7, 11) is -3.25. The summed E-state index contributed by atoms with van der Waals surface area (Å²) in [5.74, 6) is 1.02. The van der Waals surface area contributed by atoms with Crippen molar-refractivity contribution in [3.63, 3.8) is 0 Å². The number of morpholine rings is 1. The maximum Gasteiger partial charge on any atom is 0.225 e. The van der Waals surface area contributed by atoms with E-state index in [9.17, 15) is 13.2 Å². The van der Waals surface area contributed by atoms with Gasteiger partial charge in [0.25, 0.3) is 0 Å². The van der Waals surface area contributed by atoms with Crippen LogP contribution in [0.15, 0.2) is 0 Å². The molecule has 3 rings (SSSR count). The zero-order chi connectivity index (χ0) is 15.9. The van der Waals surface area contributed by atoms with Crippen molar-refractivity contribution in [2.45, 2.75) is 44.8 Å². The van der Waals surface area contributed by atoms with E-state index in [1.807, 2.05) is 4.90 Å². The van der Waals surface area contributed by atoms with Crippen molar-refractivity contribution in [3.05, 3.63) is 0 Å². The van der Waals surface area contributed by atoms with Crippen LogP contribution in [0.1, 0.15) is 32.6 Å². The van der Waals surface area contributed by atoms with Crippen LogP contribution in [0, 0.1) is 11.8 Å². The van der Waals surface area contributed by atoms with Gasteiger partial charge in [-0.3, -0.25) is 4.79 Å². The average Bonchev–Trinajstić information content (AvgIpc) is 2.90. The normalized spacial score (nSPS) is 37.1. The molecule has 1 amide bonds. The molecule has 0 radical (unpaired) electrons. The molecule has 0 N–H and O–H groups in total. The number of nitrogens with zero attached hydrogens (tertiary/aromatic N) is 2. The van der Waals surface area contributed by atoms with Gasteiger partial charge < -0.3 is 9.64 Å². The van der Waals surface area contributed by atoms with E-state index < -0.39 is 10.0 Å². The van der Waals surface area contributed by atoms with E-state index in [2.05, 4.69) is 6.92 Å². The molecule has 2 heterocycles. The van der Waals surface area contributed by atoms with E-state index in [-0.39, 0.29) is 24.0 Å². The maximum absolute atomic E-state index is 12.7. The lowest BCUT2D eigenvalue weighted by Crippen LogP contribution is -2.52. The third kappa shape index (κ3) is 3.16. The maximum atomic E-state index is 12.7. The number of fused-ring (bicyclic) bond motifs is 1. The van der Waals surface area contributed by atoms with Gasteiger partial charge in [0.15, 0.2) is 0 Å². The van der Waals surface area contributed by atoms with Crippen molar-refractivity contribution in [2.75, 3.05) is 32.5 Å². The number of hydrogen-bond donors (Lipinski definition) is 0. The Morgan fingerprint density at radius 1 is 1.14 bits per heavy atom. The van der Waals surface area contributed by atoms with Gasteiger partial charge in [0.1, 0.15) is 0 Å². The van der Waals surface area contributed by atoms with Crippen LogP contribution < -0.4 is 0 Å². The fourth-order valence-electron chi connectivity index (χ4n) is 4.01. The molecule has 0 aromatic heterocycles. The highest BCUT2D eigenvalue weighted by atomic mass is 32.2. The second-order valence-electron chi connectivity index (χ2n) is 7.05. The third-order valence-electron chi connectivity index (χ3n) is 5.35. The standard InChI is InChI=1S/C15H26N2O4S/c1-11-3-5-12(6-4-11)15(18)16-9-13-14(10-16)21-8-7-17(13)22(2,19)20/h11-14H,3-10H2,1-2H3/t11?,12?,13-,14+/m1/s1. The van der Waals surface area contributed by atoms with Crippen LogP contribution in [0.3, 0.4) is 0 Å². The van der Waals surface area contributed by atoms with Gasteiger partial charge in [-0.1, -0.05) is 6.92 Å². The quantitative estimate of drug-likeness (QED) is 0.747. The minimum atomic E-state index is -3.25. The minimum absolute atomic E-state index is 0.114. The predicted octanol–water partition coefficient (Wildman–Crippen LogP) is 0.684. The first-order chi connectivity index (χ1) is 10.4. The minimum Gasteiger partial charge on any atom is -0.373 e. The van der Waals surface area contributed by atoms with Gasteiger partial charge in [-0.25, -0.2) is 8.42 Å². The number of amides is 1. The lowest BCUT2D eigenvalue weighted by Gasteiger charge is -2.34. The van der Waals surface area contributed by atoms with Crippen molar-refractivity contribution in [1.29, 1.82) is 0 Å². The molecule has 2 atom stereocenters. The van der Waals surface area contributed by atoms with E-state index in [0.717, 1.165) is 25.7 Å². The van der Waals surface area contributed by atoms with Gasteiger partial charge in [0.2, 0.25) is 15.9 Å². The highest BCUT2D eigenvalue weighted by molar-refractivity contribution is 7.88. The van der Waals surface area contributed by atoms with Crippen LogP contribution >= 0.6 is 0 Å². The van der Waals surface area contributed by atoms with Crippen molar-refractivity contribution >= 4 is 15.9 Å². The van der Waals surface area contributed by atoms with E-state index in [1.54, 1.807) is 0 Å². The Morgan fingerprint density at radius 3 is 2.45 bits per heavy atom. The Hall–Kier alpha value is -0.660. The number of likely N-dealkylation sites (tertiary alicyclic amines) is 1. The van der Waals surface area contributed by atoms with Crippen LogP contribution in [0.2, 0.25) is 0 Å². The molecule has 2 aliphatic heterocycles. The van der Waals surface area contributed by atoms with Crippen molar-refractivity contribution in [1.82, 2.24) is 9.21 Å². The van der Waals surface area contributed by atoms with E-state index in [4.69, 9.17) is 4.74 Å². The van der Waals surface area contributed by atoms with Crippen LogP contribution in [0.5, 0.6) is 0 Å².